The highest BCUT2D eigenvalue weighted by Gasteiger charge is 2.11. The van der Waals surface area contributed by atoms with Gasteiger partial charge in [0, 0.05) is 13.1 Å². The van der Waals surface area contributed by atoms with Crippen molar-refractivity contribution in [2.24, 2.45) is 5.92 Å². The number of anilines is 2. The summed E-state index contributed by atoms with van der Waals surface area (Å²) in [6.07, 6.45) is 0.464. The Morgan fingerprint density at radius 2 is 2.06 bits per heavy atom. The molecule has 0 aliphatic rings. The van der Waals surface area contributed by atoms with E-state index >= 15 is 0 Å². The molecule has 0 atom stereocenters. The third kappa shape index (κ3) is 3.68. The van der Waals surface area contributed by atoms with E-state index in [9.17, 15) is 0 Å². The van der Waals surface area contributed by atoms with E-state index in [1.807, 2.05) is 6.07 Å². The number of hydrogen-bond donors (Lipinski definition) is 1. The number of benzene rings is 1. The van der Waals surface area contributed by atoms with Gasteiger partial charge in [-0.3, -0.25) is 0 Å². The SMILES string of the molecule is CC(C)CN(CCC#N)c1ccc(C#N)cc1N. The Morgan fingerprint density at radius 1 is 1.33 bits per heavy atom. The van der Waals surface area contributed by atoms with Gasteiger partial charge in [0.05, 0.1) is 35.5 Å². The third-order valence-electron chi connectivity index (χ3n) is 2.58. The zero-order valence-electron chi connectivity index (χ0n) is 10.8. The van der Waals surface area contributed by atoms with Gasteiger partial charge in [-0.2, -0.15) is 10.5 Å². The standard InChI is InChI=1S/C14H18N4/c1-11(2)10-18(7-3-6-15)14-5-4-12(9-16)8-13(14)17/h4-5,8,11H,3,7,10,17H2,1-2H3. The Hall–Kier alpha value is -2.20. The second kappa shape index (κ2) is 6.51. The van der Waals surface area contributed by atoms with E-state index in [0.717, 1.165) is 12.2 Å². The van der Waals surface area contributed by atoms with Crippen molar-refractivity contribution < 1.29 is 0 Å². The fourth-order valence-electron chi connectivity index (χ4n) is 1.85. The number of hydrogen-bond acceptors (Lipinski definition) is 4. The Morgan fingerprint density at radius 3 is 2.56 bits per heavy atom. The summed E-state index contributed by atoms with van der Waals surface area (Å²) in [6.45, 7) is 5.75. The van der Waals surface area contributed by atoms with Crippen molar-refractivity contribution in [1.82, 2.24) is 0 Å². The number of nitriles is 2. The van der Waals surface area contributed by atoms with E-state index < -0.39 is 0 Å². The predicted molar refractivity (Wildman–Crippen MR) is 72.9 cm³/mol. The second-order valence-corrected chi connectivity index (χ2v) is 4.63. The van der Waals surface area contributed by atoms with Crippen LogP contribution in [0.3, 0.4) is 0 Å². The number of nitrogen functional groups attached to an aromatic ring is 1. The van der Waals surface area contributed by atoms with Crippen molar-refractivity contribution in [2.75, 3.05) is 23.7 Å². The fraction of sp³-hybridized carbons (Fsp3) is 0.429. The molecular weight excluding hydrogens is 224 g/mol. The number of nitrogens with two attached hydrogens (primary N) is 1. The van der Waals surface area contributed by atoms with E-state index in [4.69, 9.17) is 16.3 Å². The first kappa shape index (κ1) is 13.9. The molecule has 94 valence electrons. The smallest absolute Gasteiger partial charge is 0.0992 e. The molecule has 0 saturated carbocycles. The molecule has 0 saturated heterocycles. The largest absolute Gasteiger partial charge is 0.397 e. The van der Waals surface area contributed by atoms with Crippen molar-refractivity contribution in [2.45, 2.75) is 20.3 Å². The van der Waals surface area contributed by atoms with Crippen LogP contribution in [0.4, 0.5) is 11.4 Å². The molecule has 1 aromatic rings. The summed E-state index contributed by atoms with van der Waals surface area (Å²) in [5.74, 6) is 0.485. The predicted octanol–water partition coefficient (Wildman–Crippen LogP) is 2.52. The van der Waals surface area contributed by atoms with Crippen molar-refractivity contribution in [1.29, 1.82) is 10.5 Å². The summed E-state index contributed by atoms with van der Waals surface area (Å²) in [5.41, 5.74) is 8.02. The molecule has 2 N–H and O–H groups in total. The lowest BCUT2D eigenvalue weighted by molar-refractivity contribution is 0.612. The summed E-state index contributed by atoms with van der Waals surface area (Å²) in [6, 6.07) is 9.50. The van der Waals surface area contributed by atoms with E-state index in [1.165, 1.54) is 0 Å². The minimum Gasteiger partial charge on any atom is -0.397 e. The number of nitrogens with zero attached hydrogens (tertiary/aromatic N) is 3. The first-order valence-corrected chi connectivity index (χ1v) is 6.00. The Bertz CT molecular complexity index is 480. The lowest BCUT2D eigenvalue weighted by Crippen LogP contribution is -2.29. The highest BCUT2D eigenvalue weighted by Crippen LogP contribution is 2.25. The molecule has 0 aliphatic carbocycles. The zero-order chi connectivity index (χ0) is 13.5. The van der Waals surface area contributed by atoms with Crippen molar-refractivity contribution in [3.05, 3.63) is 23.8 Å². The zero-order valence-corrected chi connectivity index (χ0v) is 10.8. The summed E-state index contributed by atoms with van der Waals surface area (Å²) in [7, 11) is 0. The van der Waals surface area contributed by atoms with Gasteiger partial charge in [-0.1, -0.05) is 13.8 Å². The molecule has 4 heteroatoms. The summed E-state index contributed by atoms with van der Waals surface area (Å²) < 4.78 is 0. The third-order valence-corrected chi connectivity index (χ3v) is 2.58. The van der Waals surface area contributed by atoms with Crippen molar-refractivity contribution in [3.8, 4) is 12.1 Å². The second-order valence-electron chi connectivity index (χ2n) is 4.63. The molecule has 1 rings (SSSR count). The normalized spacial score (nSPS) is 9.83. The lowest BCUT2D eigenvalue weighted by atomic mass is 10.1. The van der Waals surface area contributed by atoms with Crippen LogP contribution in [-0.2, 0) is 0 Å². The van der Waals surface area contributed by atoms with Crippen LogP contribution in [-0.4, -0.2) is 13.1 Å². The highest BCUT2D eigenvalue weighted by atomic mass is 15.1. The van der Waals surface area contributed by atoms with Gasteiger partial charge in [-0.25, -0.2) is 0 Å². The molecule has 0 heterocycles. The molecular formula is C14H18N4. The highest BCUT2D eigenvalue weighted by molar-refractivity contribution is 5.69. The quantitative estimate of drug-likeness (QED) is 0.805. The topological polar surface area (TPSA) is 76.8 Å². The van der Waals surface area contributed by atoms with Crippen LogP contribution in [0.2, 0.25) is 0 Å². The maximum Gasteiger partial charge on any atom is 0.0992 e. The van der Waals surface area contributed by atoms with E-state index in [0.29, 0.717) is 30.1 Å². The Balaban J connectivity index is 2.98. The minimum absolute atomic E-state index is 0.464. The molecule has 0 radical (unpaired) electrons. The molecule has 4 nitrogen and oxygen atoms in total. The molecule has 0 spiro atoms. The molecule has 18 heavy (non-hydrogen) atoms. The van der Waals surface area contributed by atoms with Gasteiger partial charge in [0.2, 0.25) is 0 Å². The van der Waals surface area contributed by atoms with Crippen LogP contribution in [0, 0.1) is 28.6 Å². The van der Waals surface area contributed by atoms with Gasteiger partial charge in [0.15, 0.2) is 0 Å². The summed E-state index contributed by atoms with van der Waals surface area (Å²) in [4.78, 5) is 2.10. The molecule has 0 aliphatic heterocycles. The monoisotopic (exact) mass is 242 g/mol. The van der Waals surface area contributed by atoms with Crippen LogP contribution in [0.25, 0.3) is 0 Å². The fourth-order valence-corrected chi connectivity index (χ4v) is 1.85. The van der Waals surface area contributed by atoms with Crippen LogP contribution in [0.5, 0.6) is 0 Å². The van der Waals surface area contributed by atoms with Crippen LogP contribution in [0.15, 0.2) is 18.2 Å². The lowest BCUT2D eigenvalue weighted by Gasteiger charge is -2.27. The van der Waals surface area contributed by atoms with E-state index in [2.05, 4.69) is 30.9 Å². The molecule has 0 unspecified atom stereocenters. The first-order valence-electron chi connectivity index (χ1n) is 6.00. The van der Waals surface area contributed by atoms with Gasteiger partial charge in [0.1, 0.15) is 0 Å². The number of rotatable bonds is 5. The maximum absolute atomic E-state index is 8.82. The Labute approximate surface area is 108 Å². The Kier molecular flexibility index (Phi) is 5.02. The minimum atomic E-state index is 0.464. The summed E-state index contributed by atoms with van der Waals surface area (Å²) >= 11 is 0. The van der Waals surface area contributed by atoms with Crippen LogP contribution >= 0.6 is 0 Å². The molecule has 0 aromatic heterocycles. The molecule has 0 bridgehead atoms. The van der Waals surface area contributed by atoms with Crippen LogP contribution < -0.4 is 10.6 Å². The molecule has 1 aromatic carbocycles. The van der Waals surface area contributed by atoms with Gasteiger partial charge in [0.25, 0.3) is 0 Å². The van der Waals surface area contributed by atoms with E-state index in [-0.39, 0.29) is 0 Å². The van der Waals surface area contributed by atoms with Gasteiger partial charge >= 0.3 is 0 Å². The molecule has 0 fully saturated rings. The maximum atomic E-state index is 8.82. The van der Waals surface area contributed by atoms with Gasteiger partial charge in [-0.15, -0.1) is 0 Å². The van der Waals surface area contributed by atoms with Gasteiger partial charge in [-0.05, 0) is 24.1 Å². The first-order chi connectivity index (χ1) is 8.58. The summed E-state index contributed by atoms with van der Waals surface area (Å²) in [5, 5.41) is 17.5. The van der Waals surface area contributed by atoms with Crippen molar-refractivity contribution in [3.63, 3.8) is 0 Å². The van der Waals surface area contributed by atoms with Crippen LogP contribution in [0.1, 0.15) is 25.8 Å². The average Bonchev–Trinajstić information content (AvgIpc) is 2.34. The van der Waals surface area contributed by atoms with Crippen molar-refractivity contribution >= 4 is 11.4 Å². The molecule has 0 amide bonds. The average molecular weight is 242 g/mol. The van der Waals surface area contributed by atoms with E-state index in [1.54, 1.807) is 12.1 Å². The van der Waals surface area contributed by atoms with Gasteiger partial charge < -0.3 is 10.6 Å².